The fourth-order valence-corrected chi connectivity index (χ4v) is 1.43. The van der Waals surface area contributed by atoms with Crippen molar-refractivity contribution in [1.29, 1.82) is 0 Å². The van der Waals surface area contributed by atoms with E-state index in [1.165, 1.54) is 0 Å². The molecule has 0 aliphatic carbocycles. The minimum absolute atomic E-state index is 0.419. The number of nitrogens with zero attached hydrogens (tertiary/aromatic N) is 2. The number of hydrogen-bond acceptors (Lipinski definition) is 3. The highest BCUT2D eigenvalue weighted by Crippen LogP contribution is 2.04. The molecule has 0 amide bonds. The Labute approximate surface area is 85.9 Å². The van der Waals surface area contributed by atoms with Gasteiger partial charge in [-0.2, -0.15) is 0 Å². The van der Waals surface area contributed by atoms with Crippen LogP contribution in [0.1, 0.15) is 19.5 Å². The van der Waals surface area contributed by atoms with E-state index in [1.54, 1.807) is 0 Å². The summed E-state index contributed by atoms with van der Waals surface area (Å²) in [6, 6.07) is 6.42. The molecule has 0 fully saturated rings. The van der Waals surface area contributed by atoms with E-state index in [9.17, 15) is 0 Å². The third-order valence-corrected chi connectivity index (χ3v) is 2.46. The Balaban J connectivity index is 2.57. The van der Waals surface area contributed by atoms with Crippen LogP contribution in [0.3, 0.4) is 0 Å². The molecule has 0 radical (unpaired) electrons. The first-order valence-electron chi connectivity index (χ1n) is 5.12. The summed E-state index contributed by atoms with van der Waals surface area (Å²) in [7, 11) is 0. The van der Waals surface area contributed by atoms with Crippen LogP contribution in [0.5, 0.6) is 0 Å². The molecule has 3 nitrogen and oxygen atoms in total. The molecule has 0 aliphatic heterocycles. The van der Waals surface area contributed by atoms with Crippen molar-refractivity contribution in [2.24, 2.45) is 5.73 Å². The van der Waals surface area contributed by atoms with Crippen molar-refractivity contribution in [3.63, 3.8) is 0 Å². The average molecular weight is 193 g/mol. The topological polar surface area (TPSA) is 42.2 Å². The quantitative estimate of drug-likeness (QED) is 0.765. The maximum atomic E-state index is 5.64. The predicted molar refractivity (Wildman–Crippen MR) is 58.8 cm³/mol. The lowest BCUT2D eigenvalue weighted by molar-refractivity contribution is 0.213. The third kappa shape index (κ3) is 3.09. The van der Waals surface area contributed by atoms with Crippen LogP contribution >= 0.6 is 0 Å². The SMILES string of the molecule is CCN(Cc1ccccn1)C(C)CN. The summed E-state index contributed by atoms with van der Waals surface area (Å²) < 4.78 is 0. The molecule has 0 saturated heterocycles. The van der Waals surface area contributed by atoms with E-state index < -0.39 is 0 Å². The molecular formula is C11H19N3. The van der Waals surface area contributed by atoms with Crippen LogP contribution in [0, 0.1) is 0 Å². The molecule has 1 aromatic heterocycles. The van der Waals surface area contributed by atoms with E-state index in [4.69, 9.17) is 5.73 Å². The van der Waals surface area contributed by atoms with Crippen molar-refractivity contribution in [3.05, 3.63) is 30.1 Å². The second-order valence-electron chi connectivity index (χ2n) is 3.47. The summed E-state index contributed by atoms with van der Waals surface area (Å²) in [5.74, 6) is 0. The van der Waals surface area contributed by atoms with Gasteiger partial charge >= 0.3 is 0 Å². The second-order valence-corrected chi connectivity index (χ2v) is 3.47. The summed E-state index contributed by atoms with van der Waals surface area (Å²) in [4.78, 5) is 6.62. The van der Waals surface area contributed by atoms with E-state index in [1.807, 2.05) is 24.4 Å². The summed E-state index contributed by atoms with van der Waals surface area (Å²) in [5, 5.41) is 0. The Kier molecular flexibility index (Phi) is 4.56. The van der Waals surface area contributed by atoms with E-state index >= 15 is 0 Å². The van der Waals surface area contributed by atoms with E-state index in [2.05, 4.69) is 23.7 Å². The molecule has 0 saturated carbocycles. The van der Waals surface area contributed by atoms with Gasteiger partial charge in [0.25, 0.3) is 0 Å². The number of pyridine rings is 1. The van der Waals surface area contributed by atoms with Gasteiger partial charge < -0.3 is 5.73 Å². The maximum Gasteiger partial charge on any atom is 0.0544 e. The lowest BCUT2D eigenvalue weighted by Gasteiger charge is -2.26. The van der Waals surface area contributed by atoms with Gasteiger partial charge in [-0.05, 0) is 25.6 Å². The molecule has 0 spiro atoms. The number of likely N-dealkylation sites (N-methyl/N-ethyl adjacent to an activating group) is 1. The maximum absolute atomic E-state index is 5.64. The van der Waals surface area contributed by atoms with Crippen molar-refractivity contribution in [2.75, 3.05) is 13.1 Å². The van der Waals surface area contributed by atoms with Gasteiger partial charge in [0.05, 0.1) is 5.69 Å². The molecule has 1 atom stereocenters. The Morgan fingerprint density at radius 1 is 1.50 bits per heavy atom. The molecule has 3 heteroatoms. The largest absolute Gasteiger partial charge is 0.329 e. The molecule has 0 bridgehead atoms. The van der Waals surface area contributed by atoms with Crippen LogP contribution in [-0.4, -0.2) is 29.0 Å². The minimum Gasteiger partial charge on any atom is -0.329 e. The Hall–Kier alpha value is -0.930. The monoisotopic (exact) mass is 193 g/mol. The van der Waals surface area contributed by atoms with Gasteiger partial charge in [0.2, 0.25) is 0 Å². The van der Waals surface area contributed by atoms with Crippen molar-refractivity contribution in [3.8, 4) is 0 Å². The van der Waals surface area contributed by atoms with Crippen molar-refractivity contribution >= 4 is 0 Å². The molecule has 14 heavy (non-hydrogen) atoms. The molecule has 1 heterocycles. The number of hydrogen-bond donors (Lipinski definition) is 1. The Bertz CT molecular complexity index is 248. The molecule has 1 aromatic rings. The van der Waals surface area contributed by atoms with Gasteiger partial charge in [-0.1, -0.05) is 13.0 Å². The van der Waals surface area contributed by atoms with E-state index in [0.29, 0.717) is 12.6 Å². The van der Waals surface area contributed by atoms with Crippen LogP contribution in [0.15, 0.2) is 24.4 Å². The summed E-state index contributed by atoms with van der Waals surface area (Å²) in [5.41, 5.74) is 6.75. The summed E-state index contributed by atoms with van der Waals surface area (Å²) in [6.07, 6.45) is 1.83. The van der Waals surface area contributed by atoms with Gasteiger partial charge in [0.15, 0.2) is 0 Å². The zero-order chi connectivity index (χ0) is 10.4. The fourth-order valence-electron chi connectivity index (χ4n) is 1.43. The Morgan fingerprint density at radius 3 is 2.79 bits per heavy atom. The van der Waals surface area contributed by atoms with Gasteiger partial charge in [-0.15, -0.1) is 0 Å². The van der Waals surface area contributed by atoms with Crippen LogP contribution in [0.25, 0.3) is 0 Å². The molecule has 1 rings (SSSR count). The molecule has 1 unspecified atom stereocenters. The number of rotatable bonds is 5. The van der Waals surface area contributed by atoms with E-state index in [-0.39, 0.29) is 0 Å². The molecule has 2 N–H and O–H groups in total. The van der Waals surface area contributed by atoms with Crippen LogP contribution in [0.2, 0.25) is 0 Å². The lowest BCUT2D eigenvalue weighted by Crippen LogP contribution is -2.37. The van der Waals surface area contributed by atoms with Crippen molar-refractivity contribution < 1.29 is 0 Å². The third-order valence-electron chi connectivity index (χ3n) is 2.46. The summed E-state index contributed by atoms with van der Waals surface area (Å²) >= 11 is 0. The molecule has 0 aromatic carbocycles. The number of aromatic nitrogens is 1. The average Bonchev–Trinajstić information content (AvgIpc) is 2.26. The predicted octanol–water partition coefficient (Wildman–Crippen LogP) is 1.25. The van der Waals surface area contributed by atoms with Gasteiger partial charge in [0.1, 0.15) is 0 Å². The molecule has 78 valence electrons. The fraction of sp³-hybridized carbons (Fsp3) is 0.545. The first kappa shape index (κ1) is 11.1. The zero-order valence-corrected chi connectivity index (χ0v) is 8.98. The highest BCUT2D eigenvalue weighted by Gasteiger charge is 2.10. The van der Waals surface area contributed by atoms with Gasteiger partial charge in [0, 0.05) is 25.3 Å². The lowest BCUT2D eigenvalue weighted by atomic mass is 10.2. The highest BCUT2D eigenvalue weighted by molar-refractivity contribution is 5.03. The van der Waals surface area contributed by atoms with E-state index in [0.717, 1.165) is 18.8 Å². The first-order chi connectivity index (χ1) is 6.77. The smallest absolute Gasteiger partial charge is 0.0544 e. The van der Waals surface area contributed by atoms with Crippen LogP contribution in [-0.2, 0) is 6.54 Å². The standard InChI is InChI=1S/C11H19N3/c1-3-14(10(2)8-12)9-11-6-4-5-7-13-11/h4-7,10H,3,8-9,12H2,1-2H3. The first-order valence-corrected chi connectivity index (χ1v) is 5.12. The van der Waals surface area contributed by atoms with Crippen LogP contribution < -0.4 is 5.73 Å². The summed E-state index contributed by atoms with van der Waals surface area (Å²) in [6.45, 7) is 6.88. The minimum atomic E-state index is 0.419. The van der Waals surface area contributed by atoms with Crippen molar-refractivity contribution in [1.82, 2.24) is 9.88 Å². The molecular weight excluding hydrogens is 174 g/mol. The van der Waals surface area contributed by atoms with Crippen LogP contribution in [0.4, 0.5) is 0 Å². The second kappa shape index (κ2) is 5.73. The Morgan fingerprint density at radius 2 is 2.29 bits per heavy atom. The van der Waals surface area contributed by atoms with Gasteiger partial charge in [-0.3, -0.25) is 9.88 Å². The van der Waals surface area contributed by atoms with Crippen molar-refractivity contribution in [2.45, 2.75) is 26.4 Å². The highest BCUT2D eigenvalue weighted by atomic mass is 15.2. The number of nitrogens with two attached hydrogens (primary N) is 1. The normalized spacial score (nSPS) is 13.1. The van der Waals surface area contributed by atoms with Gasteiger partial charge in [-0.25, -0.2) is 0 Å². The molecule has 0 aliphatic rings. The zero-order valence-electron chi connectivity index (χ0n) is 8.98.